The van der Waals surface area contributed by atoms with Crippen molar-refractivity contribution in [2.45, 2.75) is 64.6 Å². The second kappa shape index (κ2) is 12.7. The number of carbonyl (C=O) groups is 2. The van der Waals surface area contributed by atoms with Crippen LogP contribution in [-0.2, 0) is 32.6 Å². The topological polar surface area (TPSA) is 86.8 Å². The Morgan fingerprint density at radius 3 is 1.97 bits per heavy atom. The predicted molar refractivity (Wildman–Crippen MR) is 151 cm³/mol. The van der Waals surface area contributed by atoms with Crippen molar-refractivity contribution in [1.82, 2.24) is 10.2 Å². The van der Waals surface area contributed by atoms with Gasteiger partial charge >= 0.3 is 0 Å². The molecule has 0 aliphatic carbocycles. The second-order valence-electron chi connectivity index (χ2n) is 9.69. The molecule has 0 radical (unpaired) electrons. The fourth-order valence-electron chi connectivity index (χ4n) is 4.02. The molecule has 1 N–H and O–H groups in total. The SMILES string of the molecule is CCc1ccc(N(CC(=O)N(Cc2ccc(C)cc2)C(C)C(=O)NC(C)C)S(=O)(=O)c2ccccc2)cc1. The summed E-state index contributed by atoms with van der Waals surface area (Å²) in [7, 11) is -4.06. The molecule has 8 heteroatoms. The summed E-state index contributed by atoms with van der Waals surface area (Å²) in [5, 5.41) is 2.86. The van der Waals surface area contributed by atoms with Gasteiger partial charge in [0.25, 0.3) is 10.0 Å². The van der Waals surface area contributed by atoms with Crippen LogP contribution in [0.25, 0.3) is 0 Å². The third-order valence-corrected chi connectivity index (χ3v) is 8.10. The molecule has 0 saturated carbocycles. The summed E-state index contributed by atoms with van der Waals surface area (Å²) in [5.41, 5.74) is 3.36. The Hall–Kier alpha value is -3.65. The molecule has 0 aliphatic rings. The largest absolute Gasteiger partial charge is 0.352 e. The number of amides is 2. The van der Waals surface area contributed by atoms with Crippen LogP contribution >= 0.6 is 0 Å². The zero-order valence-corrected chi connectivity index (χ0v) is 23.5. The Balaban J connectivity index is 2.01. The first-order valence-corrected chi connectivity index (χ1v) is 14.3. The maximum absolute atomic E-state index is 13.9. The maximum atomic E-state index is 13.9. The summed E-state index contributed by atoms with van der Waals surface area (Å²) in [6, 6.07) is 22.0. The van der Waals surface area contributed by atoms with E-state index >= 15 is 0 Å². The van der Waals surface area contributed by atoms with Crippen molar-refractivity contribution in [2.75, 3.05) is 10.8 Å². The molecule has 1 atom stereocenters. The number of aryl methyl sites for hydroxylation is 2. The average Bonchev–Trinajstić information content (AvgIpc) is 2.91. The van der Waals surface area contributed by atoms with E-state index in [1.165, 1.54) is 17.0 Å². The third kappa shape index (κ3) is 7.22. The number of benzene rings is 3. The molecule has 0 saturated heterocycles. The van der Waals surface area contributed by atoms with Crippen molar-refractivity contribution in [2.24, 2.45) is 0 Å². The van der Waals surface area contributed by atoms with Gasteiger partial charge in [-0.05, 0) is 69.5 Å². The van der Waals surface area contributed by atoms with Gasteiger partial charge in [-0.25, -0.2) is 8.42 Å². The Morgan fingerprint density at radius 1 is 0.842 bits per heavy atom. The second-order valence-corrected chi connectivity index (χ2v) is 11.6. The van der Waals surface area contributed by atoms with E-state index in [2.05, 4.69) is 5.32 Å². The Kier molecular flexibility index (Phi) is 9.69. The maximum Gasteiger partial charge on any atom is 0.264 e. The van der Waals surface area contributed by atoms with Gasteiger partial charge in [-0.15, -0.1) is 0 Å². The minimum atomic E-state index is -4.06. The van der Waals surface area contributed by atoms with Gasteiger partial charge in [-0.3, -0.25) is 13.9 Å². The lowest BCUT2D eigenvalue weighted by Gasteiger charge is -2.32. The van der Waals surface area contributed by atoms with E-state index in [1.807, 2.05) is 64.1 Å². The van der Waals surface area contributed by atoms with Crippen molar-refractivity contribution in [3.8, 4) is 0 Å². The number of sulfonamides is 1. The molecular formula is C30H37N3O4S. The van der Waals surface area contributed by atoms with Crippen molar-refractivity contribution >= 4 is 27.5 Å². The van der Waals surface area contributed by atoms with Crippen LogP contribution in [0.5, 0.6) is 0 Å². The van der Waals surface area contributed by atoms with Crippen molar-refractivity contribution < 1.29 is 18.0 Å². The van der Waals surface area contributed by atoms with Crippen molar-refractivity contribution in [3.05, 3.63) is 95.6 Å². The highest BCUT2D eigenvalue weighted by Gasteiger charge is 2.32. The minimum Gasteiger partial charge on any atom is -0.352 e. The molecule has 2 amide bonds. The van der Waals surface area contributed by atoms with Crippen LogP contribution in [0.1, 0.15) is 44.4 Å². The lowest BCUT2D eigenvalue weighted by molar-refractivity contribution is -0.139. The predicted octanol–water partition coefficient (Wildman–Crippen LogP) is 4.69. The highest BCUT2D eigenvalue weighted by atomic mass is 32.2. The minimum absolute atomic E-state index is 0.0862. The number of nitrogens with zero attached hydrogens (tertiary/aromatic N) is 2. The molecule has 38 heavy (non-hydrogen) atoms. The number of hydrogen-bond donors (Lipinski definition) is 1. The lowest BCUT2D eigenvalue weighted by atomic mass is 10.1. The van der Waals surface area contributed by atoms with Crippen molar-refractivity contribution in [1.29, 1.82) is 0 Å². The first kappa shape index (κ1) is 28.9. The van der Waals surface area contributed by atoms with E-state index in [1.54, 1.807) is 37.3 Å². The highest BCUT2D eigenvalue weighted by molar-refractivity contribution is 7.92. The van der Waals surface area contributed by atoms with Crippen LogP contribution in [0.3, 0.4) is 0 Å². The summed E-state index contributed by atoms with van der Waals surface area (Å²) in [4.78, 5) is 28.3. The Labute approximate surface area is 226 Å². The number of carbonyl (C=O) groups excluding carboxylic acids is 2. The van der Waals surface area contributed by atoms with Gasteiger partial charge in [0.05, 0.1) is 10.6 Å². The molecule has 3 aromatic rings. The number of rotatable bonds is 11. The molecule has 0 spiro atoms. The molecular weight excluding hydrogens is 498 g/mol. The number of hydrogen-bond acceptors (Lipinski definition) is 4. The highest BCUT2D eigenvalue weighted by Crippen LogP contribution is 2.25. The van der Waals surface area contributed by atoms with E-state index in [9.17, 15) is 18.0 Å². The fourth-order valence-corrected chi connectivity index (χ4v) is 5.46. The summed E-state index contributed by atoms with van der Waals surface area (Å²) in [5.74, 6) is -0.777. The Bertz CT molecular complexity index is 1320. The van der Waals surface area contributed by atoms with Gasteiger partial charge < -0.3 is 10.2 Å². The molecule has 202 valence electrons. The van der Waals surface area contributed by atoms with Gasteiger partial charge in [-0.1, -0.05) is 67.1 Å². The van der Waals surface area contributed by atoms with E-state index in [0.717, 1.165) is 27.4 Å². The van der Waals surface area contributed by atoms with E-state index in [4.69, 9.17) is 0 Å². The lowest BCUT2D eigenvalue weighted by Crippen LogP contribution is -2.52. The molecule has 0 bridgehead atoms. The zero-order valence-electron chi connectivity index (χ0n) is 22.7. The summed E-state index contributed by atoms with van der Waals surface area (Å²) in [6.07, 6.45) is 0.803. The van der Waals surface area contributed by atoms with Gasteiger partial charge in [0.1, 0.15) is 12.6 Å². The van der Waals surface area contributed by atoms with Crippen LogP contribution in [0, 0.1) is 6.92 Å². The molecule has 3 rings (SSSR count). The van der Waals surface area contributed by atoms with Crippen molar-refractivity contribution in [3.63, 3.8) is 0 Å². The molecule has 3 aromatic carbocycles. The monoisotopic (exact) mass is 535 g/mol. The summed E-state index contributed by atoms with van der Waals surface area (Å²) in [6.45, 7) is 9.07. The van der Waals surface area contributed by atoms with E-state index in [-0.39, 0.29) is 23.4 Å². The van der Waals surface area contributed by atoms with Crippen LogP contribution in [0.2, 0.25) is 0 Å². The summed E-state index contributed by atoms with van der Waals surface area (Å²) < 4.78 is 28.7. The quantitative estimate of drug-likeness (QED) is 0.386. The number of nitrogens with one attached hydrogen (secondary N) is 1. The molecule has 0 heterocycles. The first-order valence-electron chi connectivity index (χ1n) is 12.8. The van der Waals surface area contributed by atoms with Gasteiger partial charge in [0, 0.05) is 12.6 Å². The van der Waals surface area contributed by atoms with E-state index < -0.39 is 28.5 Å². The molecule has 0 fully saturated rings. The smallest absolute Gasteiger partial charge is 0.264 e. The third-order valence-electron chi connectivity index (χ3n) is 6.31. The molecule has 0 aromatic heterocycles. The fraction of sp³-hybridized carbons (Fsp3) is 0.333. The molecule has 1 unspecified atom stereocenters. The van der Waals surface area contributed by atoms with E-state index in [0.29, 0.717) is 5.69 Å². The summed E-state index contributed by atoms with van der Waals surface area (Å²) >= 11 is 0. The standard InChI is InChI=1S/C30H37N3O4S/c1-6-25-16-18-27(19-17-25)33(38(36,37)28-10-8-7-9-11-28)21-29(34)32(24(5)30(35)31-22(2)3)20-26-14-12-23(4)13-15-26/h7-19,22,24H,6,20-21H2,1-5H3,(H,31,35). The molecule has 7 nitrogen and oxygen atoms in total. The van der Waals surface area contributed by atoms with Crippen LogP contribution in [0.4, 0.5) is 5.69 Å². The average molecular weight is 536 g/mol. The van der Waals surface area contributed by atoms with Crippen LogP contribution in [-0.4, -0.2) is 43.8 Å². The van der Waals surface area contributed by atoms with Gasteiger partial charge in [0.15, 0.2) is 0 Å². The van der Waals surface area contributed by atoms with Crippen LogP contribution < -0.4 is 9.62 Å². The zero-order chi connectivity index (χ0) is 27.9. The van der Waals surface area contributed by atoms with Gasteiger partial charge in [0.2, 0.25) is 11.8 Å². The normalized spacial score (nSPS) is 12.2. The first-order chi connectivity index (χ1) is 18.0. The Morgan fingerprint density at radius 2 is 1.42 bits per heavy atom. The van der Waals surface area contributed by atoms with Crippen LogP contribution in [0.15, 0.2) is 83.8 Å². The number of anilines is 1. The van der Waals surface area contributed by atoms with Gasteiger partial charge in [-0.2, -0.15) is 0 Å². The molecule has 0 aliphatic heterocycles.